The number of rotatable bonds is 5. The summed E-state index contributed by atoms with van der Waals surface area (Å²) in [5.74, 6) is 4.27. The number of methoxy groups -OCH3 is 1. The van der Waals surface area contributed by atoms with Gasteiger partial charge in [0.2, 0.25) is 0 Å². The zero-order valence-corrected chi connectivity index (χ0v) is 22.7. The molecule has 32 heavy (non-hydrogen) atoms. The quantitative estimate of drug-likeness (QED) is 0.422. The second-order valence-electron chi connectivity index (χ2n) is 13.1. The summed E-state index contributed by atoms with van der Waals surface area (Å²) < 4.78 is 5.74. The Labute approximate surface area is 204 Å². The van der Waals surface area contributed by atoms with Crippen LogP contribution in [0, 0.1) is 40.4 Å². The lowest BCUT2D eigenvalue weighted by Gasteiger charge is -2.58. The van der Waals surface area contributed by atoms with Gasteiger partial charge in [-0.25, -0.2) is 0 Å². The molecule has 2 heteroatoms. The molecule has 3 fully saturated rings. The first kappa shape index (κ1) is 26.3. The minimum absolute atomic E-state index is 0. The Kier molecular flexibility index (Phi) is 8.30. The molecule has 0 bridgehead atoms. The summed E-state index contributed by atoms with van der Waals surface area (Å²) in [6.07, 6.45) is 17.2. The average molecular weight is 453 g/mol. The van der Waals surface area contributed by atoms with E-state index in [4.69, 9.17) is 4.74 Å². The maximum Gasteiger partial charge on any atom is 0.0608 e. The van der Waals surface area contributed by atoms with E-state index in [9.17, 15) is 5.11 Å². The second-order valence-corrected chi connectivity index (χ2v) is 13.1. The van der Waals surface area contributed by atoms with E-state index in [1.54, 1.807) is 5.57 Å². The zero-order valence-electron chi connectivity index (χ0n) is 22.7. The van der Waals surface area contributed by atoms with Crippen LogP contribution in [0.3, 0.4) is 0 Å². The molecule has 0 saturated heterocycles. The highest BCUT2D eigenvalue weighted by Crippen LogP contribution is 2.67. The fourth-order valence-electron chi connectivity index (χ4n) is 8.59. The van der Waals surface area contributed by atoms with Gasteiger partial charge in [0.1, 0.15) is 0 Å². The van der Waals surface area contributed by atoms with E-state index in [-0.39, 0.29) is 4.28 Å². The van der Waals surface area contributed by atoms with Crippen LogP contribution in [0.4, 0.5) is 0 Å². The van der Waals surface area contributed by atoms with Crippen molar-refractivity contribution in [2.24, 2.45) is 40.4 Å². The number of ether oxygens (including phenoxy) is 1. The predicted molar refractivity (Wildman–Crippen MR) is 143 cm³/mol. The van der Waals surface area contributed by atoms with Gasteiger partial charge in [0.15, 0.2) is 0 Å². The Hall–Kier alpha value is -0.340. The smallest absolute Gasteiger partial charge is 0.0608 e. The molecule has 1 N–H and O–H groups in total. The van der Waals surface area contributed by atoms with Crippen LogP contribution in [0.5, 0.6) is 0 Å². The maximum atomic E-state index is 10.2. The molecule has 3 unspecified atom stereocenters. The zero-order chi connectivity index (χ0) is 23.7. The first-order valence-corrected chi connectivity index (χ1v) is 13.9. The van der Waals surface area contributed by atoms with Gasteiger partial charge in [-0.3, -0.25) is 0 Å². The van der Waals surface area contributed by atoms with Crippen molar-refractivity contribution in [3.63, 3.8) is 0 Å². The minimum atomic E-state index is -0.523. The SMILES string of the molecule is CCC.CO[C@H]1CC[C@@]2(C)C(=CC[C@H]3C4CCC([C@H](C)CCC(C)(C)O)[C@@]4(C)CCC32)C1.[HH].[HH].[HH]. The monoisotopic (exact) mass is 452 g/mol. The number of hydrogen-bond donors (Lipinski definition) is 1. The molecule has 0 amide bonds. The van der Waals surface area contributed by atoms with Gasteiger partial charge in [0.25, 0.3) is 0 Å². The highest BCUT2D eigenvalue weighted by atomic mass is 16.5. The third kappa shape index (κ3) is 5.02. The van der Waals surface area contributed by atoms with Gasteiger partial charge in [-0.1, -0.05) is 52.7 Å². The molecule has 8 atom stereocenters. The summed E-state index contributed by atoms with van der Waals surface area (Å²) in [5.41, 5.74) is 2.16. The third-order valence-electron chi connectivity index (χ3n) is 10.4. The fraction of sp³-hybridized carbons (Fsp3) is 0.933. The van der Waals surface area contributed by atoms with Crippen molar-refractivity contribution in [2.75, 3.05) is 7.11 Å². The van der Waals surface area contributed by atoms with Crippen LogP contribution in [0.15, 0.2) is 11.6 Å². The van der Waals surface area contributed by atoms with Crippen molar-refractivity contribution in [1.29, 1.82) is 0 Å². The number of aliphatic hydroxyl groups is 1. The third-order valence-corrected chi connectivity index (χ3v) is 10.4. The van der Waals surface area contributed by atoms with Crippen molar-refractivity contribution in [1.82, 2.24) is 0 Å². The van der Waals surface area contributed by atoms with Crippen LogP contribution in [-0.2, 0) is 4.74 Å². The van der Waals surface area contributed by atoms with Crippen molar-refractivity contribution in [3.05, 3.63) is 11.6 Å². The Morgan fingerprint density at radius 3 is 2.44 bits per heavy atom. The molecule has 4 rings (SSSR count). The summed E-state index contributed by atoms with van der Waals surface area (Å²) in [6, 6.07) is 0. The van der Waals surface area contributed by atoms with Crippen LogP contribution >= 0.6 is 0 Å². The largest absolute Gasteiger partial charge is 0.390 e. The van der Waals surface area contributed by atoms with E-state index >= 15 is 0 Å². The van der Waals surface area contributed by atoms with Crippen molar-refractivity contribution >= 4 is 0 Å². The van der Waals surface area contributed by atoms with E-state index in [1.165, 1.54) is 64.2 Å². The fourth-order valence-corrected chi connectivity index (χ4v) is 8.59. The Balaban J connectivity index is 0.00000183. The lowest BCUT2D eigenvalue weighted by molar-refractivity contribution is -0.0612. The summed E-state index contributed by atoms with van der Waals surface area (Å²) in [4.78, 5) is 0. The molecule has 0 aromatic heterocycles. The Morgan fingerprint density at radius 1 is 1.12 bits per heavy atom. The van der Waals surface area contributed by atoms with E-state index in [1.807, 2.05) is 21.0 Å². The predicted octanol–water partition coefficient (Wildman–Crippen LogP) is 8.92. The highest BCUT2D eigenvalue weighted by Gasteiger charge is 2.59. The van der Waals surface area contributed by atoms with E-state index < -0.39 is 5.60 Å². The summed E-state index contributed by atoms with van der Waals surface area (Å²) in [5, 5.41) is 10.2. The molecule has 0 aromatic carbocycles. The van der Waals surface area contributed by atoms with Gasteiger partial charge in [0.05, 0.1) is 11.7 Å². The topological polar surface area (TPSA) is 29.5 Å². The molecule has 0 aliphatic heterocycles. The molecule has 192 valence electrons. The van der Waals surface area contributed by atoms with Gasteiger partial charge >= 0.3 is 0 Å². The molecule has 2 nitrogen and oxygen atoms in total. The molecule has 0 spiro atoms. The lowest BCUT2D eigenvalue weighted by atomic mass is 9.47. The van der Waals surface area contributed by atoms with E-state index in [0.717, 1.165) is 36.0 Å². The molecule has 3 saturated carbocycles. The molecule has 0 heterocycles. The summed E-state index contributed by atoms with van der Waals surface area (Å²) in [7, 11) is 1.89. The molecular weight excluding hydrogens is 392 g/mol. The van der Waals surface area contributed by atoms with Gasteiger partial charge in [-0.2, -0.15) is 0 Å². The van der Waals surface area contributed by atoms with Crippen molar-refractivity contribution < 1.29 is 14.1 Å². The number of fused-ring (bicyclic) bond motifs is 5. The first-order valence-electron chi connectivity index (χ1n) is 13.9. The van der Waals surface area contributed by atoms with Gasteiger partial charge < -0.3 is 9.84 Å². The normalized spacial score (nSPS) is 42.0. The van der Waals surface area contributed by atoms with E-state index in [0.29, 0.717) is 16.9 Å². The van der Waals surface area contributed by atoms with Crippen LogP contribution < -0.4 is 0 Å². The van der Waals surface area contributed by atoms with Crippen LogP contribution in [0.1, 0.15) is 123 Å². The average Bonchev–Trinajstić information content (AvgIpc) is 3.09. The summed E-state index contributed by atoms with van der Waals surface area (Å²) >= 11 is 0. The minimum Gasteiger partial charge on any atom is -0.390 e. The van der Waals surface area contributed by atoms with Crippen molar-refractivity contribution in [3.8, 4) is 0 Å². The standard InChI is InChI=1S/C27H46O2.C3H8.3H2/c1-18(11-14-25(2,3)28)22-9-10-23-21-8-7-19-17-20(29-6)12-15-26(19,4)24(21)13-16-27(22,23)5;1-3-2;;;/h7,18,20-24,28H,8-17H2,1-6H3;3H2,1-2H3;3*1H/t18-,20+,21+,22?,23?,24?,26+,27-;;;;/m1..../s1. The maximum absolute atomic E-state index is 10.2. The Morgan fingerprint density at radius 2 is 1.81 bits per heavy atom. The number of hydrogen-bond acceptors (Lipinski definition) is 2. The van der Waals surface area contributed by atoms with Gasteiger partial charge in [0, 0.05) is 11.4 Å². The van der Waals surface area contributed by atoms with Crippen molar-refractivity contribution in [2.45, 2.75) is 131 Å². The molecule has 0 radical (unpaired) electrons. The Bertz CT molecular complexity index is 660. The molecule has 4 aliphatic rings. The van der Waals surface area contributed by atoms with Crippen LogP contribution in [0.25, 0.3) is 0 Å². The van der Waals surface area contributed by atoms with Crippen LogP contribution in [-0.4, -0.2) is 23.9 Å². The molecule has 4 aliphatic carbocycles. The first-order chi connectivity index (χ1) is 15.0. The molecule has 0 aromatic rings. The van der Waals surface area contributed by atoms with Gasteiger partial charge in [-0.05, 0) is 118 Å². The van der Waals surface area contributed by atoms with Crippen LogP contribution in [0.2, 0.25) is 0 Å². The van der Waals surface area contributed by atoms with E-state index in [2.05, 4.69) is 40.7 Å². The summed E-state index contributed by atoms with van der Waals surface area (Å²) in [6.45, 7) is 15.9. The highest BCUT2D eigenvalue weighted by molar-refractivity contribution is 5.25. The molecular formula is C30H60O2. The van der Waals surface area contributed by atoms with Gasteiger partial charge in [-0.15, -0.1) is 0 Å². The number of allylic oxidation sites excluding steroid dienone is 1. The second kappa shape index (κ2) is 10.1. The lowest BCUT2D eigenvalue weighted by Crippen LogP contribution is -2.51.